The molecule has 4 nitrogen and oxygen atoms in total. The average Bonchev–Trinajstić information content (AvgIpc) is 3.88. The quantitative estimate of drug-likeness (QED) is 0.193. The number of para-hydroxylation sites is 4. The van der Waals surface area contributed by atoms with Gasteiger partial charge in [-0.05, 0) is 80.3 Å². The highest BCUT2D eigenvalue weighted by atomic mass is 15.3. The van der Waals surface area contributed by atoms with E-state index >= 15 is 0 Å². The van der Waals surface area contributed by atoms with Crippen molar-refractivity contribution < 1.29 is 0 Å². The van der Waals surface area contributed by atoms with Crippen LogP contribution in [-0.2, 0) is 5.66 Å². The molecule has 0 N–H and O–H groups in total. The number of aromatic nitrogens is 4. The highest BCUT2D eigenvalue weighted by Gasteiger charge is 2.59. The predicted molar refractivity (Wildman–Crippen MR) is 188 cm³/mol. The van der Waals surface area contributed by atoms with E-state index in [1.165, 1.54) is 87.1 Å². The lowest BCUT2D eigenvalue weighted by molar-refractivity contribution is -0.114. The third-order valence-electron chi connectivity index (χ3n) is 12.2. The van der Waals surface area contributed by atoms with Crippen LogP contribution in [0.4, 0.5) is 0 Å². The maximum absolute atomic E-state index is 2.65. The lowest BCUT2D eigenvalue weighted by Gasteiger charge is -2.62. The smallest absolute Gasteiger partial charge is 0.125 e. The first-order chi connectivity index (χ1) is 22.8. The van der Waals surface area contributed by atoms with Crippen molar-refractivity contribution >= 4 is 43.6 Å². The van der Waals surface area contributed by atoms with Gasteiger partial charge in [0.05, 0.1) is 33.4 Å². The Balaban J connectivity index is 1.12. The van der Waals surface area contributed by atoms with Crippen LogP contribution in [0.25, 0.3) is 55.0 Å². The second-order valence-corrected chi connectivity index (χ2v) is 14.4. The van der Waals surface area contributed by atoms with Crippen LogP contribution in [0.1, 0.15) is 32.1 Å². The van der Waals surface area contributed by atoms with E-state index < -0.39 is 0 Å². The minimum atomic E-state index is -0.110. The summed E-state index contributed by atoms with van der Waals surface area (Å²) in [4.78, 5) is 0. The van der Waals surface area contributed by atoms with Crippen molar-refractivity contribution in [2.45, 2.75) is 37.8 Å². The van der Waals surface area contributed by atoms with Crippen LogP contribution in [0.15, 0.2) is 134 Å². The number of rotatable bonds is 4. The molecule has 4 aromatic carbocycles. The fourth-order valence-corrected chi connectivity index (χ4v) is 10.7. The van der Waals surface area contributed by atoms with Crippen LogP contribution in [0.2, 0.25) is 0 Å². The van der Waals surface area contributed by atoms with Crippen molar-refractivity contribution in [3.8, 4) is 11.4 Å². The maximum Gasteiger partial charge on any atom is 0.125 e. The summed E-state index contributed by atoms with van der Waals surface area (Å²) in [6.45, 7) is 0. The molecule has 0 spiro atoms. The Kier molecular flexibility index (Phi) is 4.98. The fourth-order valence-electron chi connectivity index (χ4n) is 10.7. The number of fused-ring (bicyclic) bond motifs is 6. The van der Waals surface area contributed by atoms with E-state index in [0.717, 1.165) is 11.8 Å². The molecule has 4 aromatic heterocycles. The molecule has 12 rings (SSSR count). The molecular formula is C42H36N4. The molecule has 4 bridgehead atoms. The Morgan fingerprint density at radius 2 is 0.761 bits per heavy atom. The van der Waals surface area contributed by atoms with Gasteiger partial charge in [0, 0.05) is 58.2 Å². The molecule has 4 aliphatic rings. The van der Waals surface area contributed by atoms with Crippen molar-refractivity contribution in [3.05, 3.63) is 134 Å². The molecule has 8 aromatic rings. The second-order valence-electron chi connectivity index (χ2n) is 14.4. The first-order valence-electron chi connectivity index (χ1n) is 17.1. The summed E-state index contributed by atoms with van der Waals surface area (Å²) in [5, 5.41) is 5.26. The summed E-state index contributed by atoms with van der Waals surface area (Å²) >= 11 is 0. The van der Waals surface area contributed by atoms with Crippen molar-refractivity contribution in [3.63, 3.8) is 0 Å². The standard InChI is InChI=1S/C42H36N4/c1-5-13-38-34(9-1)35-10-2-6-14-39(35)45(38)32-17-19-43(26-32)42(30-22-28-21-29(24-30)25-31(42)23-28)44-20-18-33(27-44)46-40-15-7-3-11-36(40)37-12-4-8-16-41(37)46/h1-20,26-31H,21-25H2. The molecule has 4 heterocycles. The molecule has 0 atom stereocenters. The van der Waals surface area contributed by atoms with Crippen molar-refractivity contribution in [2.24, 2.45) is 23.7 Å². The maximum atomic E-state index is 2.65. The lowest BCUT2D eigenvalue weighted by atomic mass is 9.51. The van der Waals surface area contributed by atoms with E-state index in [-0.39, 0.29) is 5.66 Å². The molecule has 0 aliphatic heterocycles. The van der Waals surface area contributed by atoms with Gasteiger partial charge in [0.25, 0.3) is 0 Å². The summed E-state index contributed by atoms with van der Waals surface area (Å²) in [5.41, 5.74) is 7.48. The molecule has 0 amide bonds. The van der Waals surface area contributed by atoms with Crippen LogP contribution in [0.5, 0.6) is 0 Å². The van der Waals surface area contributed by atoms with Crippen molar-refractivity contribution in [1.82, 2.24) is 18.3 Å². The average molecular weight is 597 g/mol. The highest BCUT2D eigenvalue weighted by molar-refractivity contribution is 6.10. The van der Waals surface area contributed by atoms with Gasteiger partial charge < -0.3 is 18.3 Å². The van der Waals surface area contributed by atoms with Gasteiger partial charge in [0.15, 0.2) is 0 Å². The van der Waals surface area contributed by atoms with Crippen molar-refractivity contribution in [1.29, 1.82) is 0 Å². The van der Waals surface area contributed by atoms with Crippen molar-refractivity contribution in [2.75, 3.05) is 0 Å². The predicted octanol–water partition coefficient (Wildman–Crippen LogP) is 10.1. The first kappa shape index (κ1) is 25.3. The zero-order valence-corrected chi connectivity index (χ0v) is 25.8. The monoisotopic (exact) mass is 596 g/mol. The van der Waals surface area contributed by atoms with Crippen LogP contribution in [-0.4, -0.2) is 18.3 Å². The van der Waals surface area contributed by atoms with Gasteiger partial charge in [-0.15, -0.1) is 0 Å². The van der Waals surface area contributed by atoms with E-state index in [1.54, 1.807) is 0 Å². The van der Waals surface area contributed by atoms with Crippen LogP contribution < -0.4 is 0 Å². The zero-order chi connectivity index (χ0) is 30.0. The normalized spacial score (nSPS) is 23.4. The molecule has 0 saturated heterocycles. The second kappa shape index (κ2) is 9.07. The molecule has 0 radical (unpaired) electrons. The number of hydrogen-bond donors (Lipinski definition) is 0. The summed E-state index contributed by atoms with van der Waals surface area (Å²) in [6.07, 6.45) is 16.5. The molecular weight excluding hydrogens is 560 g/mol. The van der Waals surface area contributed by atoms with E-state index in [0.29, 0.717) is 11.8 Å². The highest BCUT2D eigenvalue weighted by Crippen LogP contribution is 2.62. The topological polar surface area (TPSA) is 19.7 Å². The summed E-state index contributed by atoms with van der Waals surface area (Å²) in [6, 6.07) is 40.2. The number of benzene rings is 4. The molecule has 4 aliphatic carbocycles. The fraction of sp³-hybridized carbons (Fsp3) is 0.238. The van der Waals surface area contributed by atoms with E-state index in [4.69, 9.17) is 0 Å². The Labute approximate surface area is 268 Å². The van der Waals surface area contributed by atoms with Gasteiger partial charge >= 0.3 is 0 Å². The Morgan fingerprint density at radius 1 is 0.413 bits per heavy atom. The summed E-state index contributed by atoms with van der Waals surface area (Å²) < 4.78 is 10.2. The third kappa shape index (κ3) is 3.19. The molecule has 224 valence electrons. The van der Waals surface area contributed by atoms with Gasteiger partial charge in [-0.1, -0.05) is 72.8 Å². The van der Waals surface area contributed by atoms with Gasteiger partial charge in [0.2, 0.25) is 0 Å². The Bertz CT molecular complexity index is 2170. The van der Waals surface area contributed by atoms with Gasteiger partial charge in [0.1, 0.15) is 5.66 Å². The van der Waals surface area contributed by atoms with E-state index in [1.807, 2.05) is 0 Å². The van der Waals surface area contributed by atoms with Gasteiger partial charge in [-0.2, -0.15) is 0 Å². The summed E-state index contributed by atoms with van der Waals surface area (Å²) in [7, 11) is 0. The minimum Gasteiger partial charge on any atom is -0.328 e. The number of hydrogen-bond acceptors (Lipinski definition) is 0. The molecule has 4 fully saturated rings. The number of nitrogens with zero attached hydrogens (tertiary/aromatic N) is 4. The van der Waals surface area contributed by atoms with Crippen LogP contribution in [0, 0.1) is 23.7 Å². The zero-order valence-electron chi connectivity index (χ0n) is 25.8. The third-order valence-corrected chi connectivity index (χ3v) is 12.2. The molecule has 4 saturated carbocycles. The molecule has 4 heteroatoms. The molecule has 46 heavy (non-hydrogen) atoms. The minimum absolute atomic E-state index is 0.110. The van der Waals surface area contributed by atoms with Gasteiger partial charge in [-0.3, -0.25) is 0 Å². The van der Waals surface area contributed by atoms with Gasteiger partial charge in [-0.25, -0.2) is 0 Å². The lowest BCUT2D eigenvalue weighted by Crippen LogP contribution is -2.61. The van der Waals surface area contributed by atoms with E-state index in [2.05, 4.69) is 152 Å². The SMILES string of the molecule is c1ccc2c(c1)c1ccccc1n2-c1ccn(C2(n3ccc(-n4c5ccccc5c5ccccc54)c3)C3CC4CC(C3)CC2C4)c1. The van der Waals surface area contributed by atoms with Crippen LogP contribution >= 0.6 is 0 Å². The largest absolute Gasteiger partial charge is 0.328 e. The Morgan fingerprint density at radius 3 is 1.13 bits per heavy atom. The first-order valence-corrected chi connectivity index (χ1v) is 17.1. The van der Waals surface area contributed by atoms with Crippen LogP contribution in [0.3, 0.4) is 0 Å². The van der Waals surface area contributed by atoms with E-state index in [9.17, 15) is 0 Å². The Hall–Kier alpha value is -4.96. The molecule has 0 unspecified atom stereocenters. The summed E-state index contributed by atoms with van der Waals surface area (Å²) in [5.74, 6) is 3.02.